The maximum Gasteiger partial charge on any atom is 0.341 e. The zero-order valence-electron chi connectivity index (χ0n) is 17.9. The van der Waals surface area contributed by atoms with Crippen LogP contribution in [0.25, 0.3) is 10.9 Å². The van der Waals surface area contributed by atoms with Crippen LogP contribution < -0.4 is 10.2 Å². The van der Waals surface area contributed by atoms with E-state index in [1.165, 1.54) is 12.3 Å². The molecule has 3 rings (SSSR count). The summed E-state index contributed by atoms with van der Waals surface area (Å²) in [5, 5.41) is 19.7. The SMILES string of the molecule is CCC[C@H](CO)n1cc(C(=O)O)c(=O)c2cc(Cc3cccc(Cl)c3F)cc(OCC)c21. The highest BCUT2D eigenvalue weighted by Crippen LogP contribution is 2.32. The van der Waals surface area contributed by atoms with Gasteiger partial charge in [0.05, 0.1) is 35.2 Å². The molecule has 0 aliphatic carbocycles. The summed E-state index contributed by atoms with van der Waals surface area (Å²) in [7, 11) is 0. The maximum absolute atomic E-state index is 14.5. The lowest BCUT2D eigenvalue weighted by molar-refractivity contribution is 0.0694. The van der Waals surface area contributed by atoms with Gasteiger partial charge < -0.3 is 19.5 Å². The van der Waals surface area contributed by atoms with Gasteiger partial charge in [0, 0.05) is 12.6 Å². The summed E-state index contributed by atoms with van der Waals surface area (Å²) in [5.74, 6) is -1.54. The van der Waals surface area contributed by atoms with Crippen LogP contribution in [0.4, 0.5) is 4.39 Å². The average molecular weight is 462 g/mol. The van der Waals surface area contributed by atoms with Crippen LogP contribution in [0.1, 0.15) is 54.2 Å². The van der Waals surface area contributed by atoms with Gasteiger partial charge in [0.1, 0.15) is 17.1 Å². The van der Waals surface area contributed by atoms with Crippen molar-refractivity contribution < 1.29 is 24.1 Å². The molecular weight excluding hydrogens is 437 g/mol. The van der Waals surface area contributed by atoms with Crippen LogP contribution in [0.15, 0.2) is 41.3 Å². The van der Waals surface area contributed by atoms with Crippen molar-refractivity contribution in [3.63, 3.8) is 0 Å². The van der Waals surface area contributed by atoms with Gasteiger partial charge in [-0.25, -0.2) is 9.18 Å². The summed E-state index contributed by atoms with van der Waals surface area (Å²) < 4.78 is 21.9. The first kappa shape index (κ1) is 23.8. The largest absolute Gasteiger partial charge is 0.492 e. The van der Waals surface area contributed by atoms with Gasteiger partial charge in [-0.05, 0) is 42.7 Å². The fourth-order valence-corrected chi connectivity index (χ4v) is 4.07. The molecule has 0 bridgehead atoms. The van der Waals surface area contributed by atoms with Crippen molar-refractivity contribution in [2.45, 2.75) is 39.2 Å². The standard InChI is InChI=1S/C24H25ClFNO5/c1-3-6-16(13-28)27-12-18(24(30)31)23(29)17-10-14(11-20(22(17)27)32-4-2)9-15-7-5-8-19(25)21(15)26/h5,7-8,10-12,16,28H,3-4,6,9,13H2,1-2H3,(H,30,31)/t16-/m1/s1. The van der Waals surface area contributed by atoms with Gasteiger partial charge in [-0.2, -0.15) is 0 Å². The molecule has 2 N–H and O–H groups in total. The topological polar surface area (TPSA) is 88.8 Å². The van der Waals surface area contributed by atoms with Gasteiger partial charge in [0.2, 0.25) is 5.43 Å². The molecule has 32 heavy (non-hydrogen) atoms. The lowest BCUT2D eigenvalue weighted by atomic mass is 10.00. The van der Waals surface area contributed by atoms with Crippen molar-refractivity contribution in [2.24, 2.45) is 0 Å². The number of carbonyl (C=O) groups is 1. The van der Waals surface area contributed by atoms with Crippen LogP contribution in [0.2, 0.25) is 5.02 Å². The quantitative estimate of drug-likeness (QED) is 0.477. The monoisotopic (exact) mass is 461 g/mol. The molecule has 0 unspecified atom stereocenters. The van der Waals surface area contributed by atoms with Crippen molar-refractivity contribution in [3.05, 3.63) is 74.3 Å². The number of halogens is 2. The van der Waals surface area contributed by atoms with Crippen molar-refractivity contribution in [2.75, 3.05) is 13.2 Å². The van der Waals surface area contributed by atoms with Gasteiger partial charge in [-0.3, -0.25) is 4.79 Å². The minimum atomic E-state index is -1.36. The average Bonchev–Trinajstić information content (AvgIpc) is 2.76. The molecule has 1 atom stereocenters. The smallest absolute Gasteiger partial charge is 0.341 e. The number of benzene rings is 2. The van der Waals surface area contributed by atoms with Gasteiger partial charge in [-0.1, -0.05) is 37.1 Å². The summed E-state index contributed by atoms with van der Waals surface area (Å²) in [6.07, 6.45) is 2.73. The van der Waals surface area contributed by atoms with E-state index in [2.05, 4.69) is 0 Å². The molecule has 0 aliphatic rings. The Morgan fingerprint density at radius 2 is 2.03 bits per heavy atom. The van der Waals surface area contributed by atoms with Crippen LogP contribution in [-0.2, 0) is 6.42 Å². The Morgan fingerprint density at radius 1 is 1.28 bits per heavy atom. The first-order valence-electron chi connectivity index (χ1n) is 10.4. The molecule has 1 heterocycles. The fraction of sp³-hybridized carbons (Fsp3) is 0.333. The van der Waals surface area contributed by atoms with Crippen molar-refractivity contribution >= 4 is 28.5 Å². The first-order chi connectivity index (χ1) is 15.3. The van der Waals surface area contributed by atoms with E-state index in [1.54, 1.807) is 35.8 Å². The number of aromatic carboxylic acids is 1. The molecule has 0 fully saturated rings. The molecule has 0 saturated heterocycles. The number of rotatable bonds is 9. The fourth-order valence-electron chi connectivity index (χ4n) is 3.88. The number of hydrogen-bond acceptors (Lipinski definition) is 4. The lowest BCUT2D eigenvalue weighted by Crippen LogP contribution is -2.23. The summed E-state index contributed by atoms with van der Waals surface area (Å²) in [5.41, 5.74) is 0.258. The van der Waals surface area contributed by atoms with Gasteiger partial charge >= 0.3 is 5.97 Å². The van der Waals surface area contributed by atoms with Crippen LogP contribution in [-0.4, -0.2) is 34.0 Å². The second kappa shape index (κ2) is 10.1. The highest BCUT2D eigenvalue weighted by molar-refractivity contribution is 6.30. The third-order valence-corrected chi connectivity index (χ3v) is 5.62. The Morgan fingerprint density at radius 3 is 2.66 bits per heavy atom. The Kier molecular flexibility index (Phi) is 7.53. The van der Waals surface area contributed by atoms with Crippen LogP contribution in [0.5, 0.6) is 5.75 Å². The number of carboxylic acid groups (broad SMARTS) is 1. The van der Waals surface area contributed by atoms with Crippen molar-refractivity contribution in [3.8, 4) is 5.75 Å². The number of aliphatic hydroxyl groups is 1. The summed E-state index contributed by atoms with van der Waals surface area (Å²) in [4.78, 5) is 24.8. The molecule has 0 radical (unpaired) electrons. The number of pyridine rings is 1. The van der Waals surface area contributed by atoms with Crippen molar-refractivity contribution in [1.82, 2.24) is 4.57 Å². The molecule has 0 amide bonds. The van der Waals surface area contributed by atoms with Crippen LogP contribution >= 0.6 is 11.6 Å². The van der Waals surface area contributed by atoms with Gasteiger partial charge in [-0.15, -0.1) is 0 Å². The summed E-state index contributed by atoms with van der Waals surface area (Å²) >= 11 is 5.90. The Bertz CT molecular complexity index is 1210. The van der Waals surface area contributed by atoms with Crippen LogP contribution in [0, 0.1) is 5.82 Å². The molecule has 0 aliphatic heterocycles. The second-order valence-corrected chi connectivity index (χ2v) is 7.93. The Labute approximate surface area is 189 Å². The molecule has 3 aromatic rings. The Hall–Kier alpha value is -2.90. The normalized spacial score (nSPS) is 12.2. The third kappa shape index (κ3) is 4.64. The van der Waals surface area contributed by atoms with E-state index >= 15 is 0 Å². The molecule has 0 spiro atoms. The highest BCUT2D eigenvalue weighted by atomic mass is 35.5. The first-order valence-corrected chi connectivity index (χ1v) is 10.8. The van der Waals surface area contributed by atoms with E-state index in [0.29, 0.717) is 35.4 Å². The predicted octanol–water partition coefficient (Wildman–Crippen LogP) is 4.82. The molecule has 2 aromatic carbocycles. The number of aromatic nitrogens is 1. The zero-order chi connectivity index (χ0) is 23.4. The highest BCUT2D eigenvalue weighted by Gasteiger charge is 2.22. The van der Waals surface area contributed by atoms with E-state index in [9.17, 15) is 24.2 Å². The lowest BCUT2D eigenvalue weighted by Gasteiger charge is -2.23. The second-order valence-electron chi connectivity index (χ2n) is 7.52. The number of aliphatic hydroxyl groups excluding tert-OH is 1. The maximum atomic E-state index is 14.5. The predicted molar refractivity (Wildman–Crippen MR) is 122 cm³/mol. The molecule has 6 nitrogen and oxygen atoms in total. The molecule has 1 aromatic heterocycles. The Balaban J connectivity index is 2.32. The molecule has 8 heteroatoms. The van der Waals surface area contributed by atoms with E-state index in [0.717, 1.165) is 6.42 Å². The summed E-state index contributed by atoms with van der Waals surface area (Å²) in [6.45, 7) is 3.81. The third-order valence-electron chi connectivity index (χ3n) is 5.33. The molecule has 0 saturated carbocycles. The molecular formula is C24H25ClFNO5. The van der Waals surface area contributed by atoms with E-state index < -0.39 is 28.8 Å². The van der Waals surface area contributed by atoms with E-state index in [-0.39, 0.29) is 23.4 Å². The number of hydrogen-bond donors (Lipinski definition) is 2. The minimum absolute atomic E-state index is 0.00538. The van der Waals surface area contributed by atoms with E-state index in [4.69, 9.17) is 16.3 Å². The van der Waals surface area contributed by atoms with Gasteiger partial charge in [0.25, 0.3) is 0 Å². The molecule has 170 valence electrons. The summed E-state index contributed by atoms with van der Waals surface area (Å²) in [6, 6.07) is 7.52. The number of ether oxygens (including phenoxy) is 1. The number of nitrogens with zero attached hydrogens (tertiary/aromatic N) is 1. The van der Waals surface area contributed by atoms with E-state index in [1.807, 2.05) is 6.92 Å². The number of carboxylic acids is 1. The van der Waals surface area contributed by atoms with Crippen LogP contribution in [0.3, 0.4) is 0 Å². The van der Waals surface area contributed by atoms with Gasteiger partial charge in [0.15, 0.2) is 0 Å². The number of fused-ring (bicyclic) bond motifs is 1. The van der Waals surface area contributed by atoms with Crippen molar-refractivity contribution in [1.29, 1.82) is 0 Å². The zero-order valence-corrected chi connectivity index (χ0v) is 18.7. The minimum Gasteiger partial charge on any atom is -0.492 e.